The zero-order valence-electron chi connectivity index (χ0n) is 13.8. The Morgan fingerprint density at radius 2 is 1.88 bits per heavy atom. The summed E-state index contributed by atoms with van der Waals surface area (Å²) in [5.74, 6) is 0.889. The summed E-state index contributed by atoms with van der Waals surface area (Å²) >= 11 is 0. The molecule has 0 radical (unpaired) electrons. The van der Waals surface area contributed by atoms with Gasteiger partial charge in [0.25, 0.3) is 5.91 Å². The highest BCUT2D eigenvalue weighted by Crippen LogP contribution is 2.34. The molecule has 2 atom stereocenters. The third-order valence-electron chi connectivity index (χ3n) is 3.91. The van der Waals surface area contributed by atoms with E-state index in [-0.39, 0.29) is 31.5 Å². The molecule has 130 valence electrons. The second-order valence-corrected chi connectivity index (χ2v) is 6.16. The maximum Gasteiger partial charge on any atom is 0.326 e. The molecule has 1 fully saturated rings. The first-order chi connectivity index (χ1) is 11.5. The van der Waals surface area contributed by atoms with Crippen LogP contribution < -0.4 is 25.0 Å². The second-order valence-electron chi connectivity index (χ2n) is 6.16. The van der Waals surface area contributed by atoms with Crippen LogP contribution in [0, 0.1) is 0 Å². The lowest BCUT2D eigenvalue weighted by atomic mass is 10.2. The maximum atomic E-state index is 12.0. The van der Waals surface area contributed by atoms with E-state index in [9.17, 15) is 9.59 Å². The molecule has 2 aliphatic heterocycles. The number of urea groups is 1. The van der Waals surface area contributed by atoms with Crippen LogP contribution in [0.1, 0.15) is 13.8 Å². The monoisotopic (exact) mass is 336 g/mol. The third kappa shape index (κ3) is 4.15. The SMILES string of the molecule is C[C@@H]1C[NH+](CC(=O)NC(=O)Nc2ccc3c(c2)OCO3)C[C@@H](C)O1. The fourth-order valence-electron chi connectivity index (χ4n) is 3.07. The van der Waals surface area contributed by atoms with E-state index in [2.05, 4.69) is 10.6 Å². The molecule has 0 aromatic heterocycles. The van der Waals surface area contributed by atoms with Crippen molar-refractivity contribution in [2.24, 2.45) is 0 Å². The fourth-order valence-corrected chi connectivity index (χ4v) is 3.07. The Hall–Kier alpha value is -2.32. The predicted molar refractivity (Wildman–Crippen MR) is 85.3 cm³/mol. The quantitative estimate of drug-likeness (QED) is 0.709. The van der Waals surface area contributed by atoms with Gasteiger partial charge in [0.1, 0.15) is 25.3 Å². The molecular weight excluding hydrogens is 314 g/mol. The van der Waals surface area contributed by atoms with E-state index in [1.165, 1.54) is 0 Å². The van der Waals surface area contributed by atoms with Crippen molar-refractivity contribution in [1.82, 2.24) is 5.32 Å². The van der Waals surface area contributed by atoms with E-state index in [0.717, 1.165) is 18.0 Å². The standard InChI is InChI=1S/C16H21N3O5/c1-10-6-19(7-11(2)24-10)8-15(20)18-16(21)17-12-3-4-13-14(5-12)23-9-22-13/h3-5,10-11H,6-9H2,1-2H3,(H2,17,18,20,21)/p+1/t10-,11-/m1/s1. The van der Waals surface area contributed by atoms with Gasteiger partial charge in [-0.05, 0) is 26.0 Å². The van der Waals surface area contributed by atoms with Gasteiger partial charge in [0.15, 0.2) is 18.0 Å². The number of benzene rings is 1. The van der Waals surface area contributed by atoms with Gasteiger partial charge in [-0.3, -0.25) is 10.1 Å². The van der Waals surface area contributed by atoms with Crippen LogP contribution >= 0.6 is 0 Å². The number of anilines is 1. The number of carbonyl (C=O) groups is 2. The molecule has 3 rings (SSSR count). The van der Waals surface area contributed by atoms with Gasteiger partial charge in [-0.2, -0.15) is 0 Å². The van der Waals surface area contributed by atoms with Crippen LogP contribution in [-0.4, -0.2) is 50.6 Å². The van der Waals surface area contributed by atoms with Crippen molar-refractivity contribution in [3.8, 4) is 11.5 Å². The van der Waals surface area contributed by atoms with Gasteiger partial charge in [0.2, 0.25) is 6.79 Å². The van der Waals surface area contributed by atoms with Crippen molar-refractivity contribution in [3.05, 3.63) is 18.2 Å². The molecular formula is C16H22N3O5+. The molecule has 3 N–H and O–H groups in total. The first kappa shape index (κ1) is 16.5. The number of amides is 3. The molecule has 1 aromatic carbocycles. The van der Waals surface area contributed by atoms with Gasteiger partial charge in [0.05, 0.1) is 0 Å². The minimum Gasteiger partial charge on any atom is -0.454 e. The third-order valence-corrected chi connectivity index (χ3v) is 3.91. The average molecular weight is 336 g/mol. The summed E-state index contributed by atoms with van der Waals surface area (Å²) in [6.07, 6.45) is 0.220. The van der Waals surface area contributed by atoms with Crippen molar-refractivity contribution in [2.45, 2.75) is 26.1 Å². The lowest BCUT2D eigenvalue weighted by molar-refractivity contribution is -0.907. The molecule has 0 saturated carbocycles. The first-order valence-corrected chi connectivity index (χ1v) is 7.99. The summed E-state index contributed by atoms with van der Waals surface area (Å²) in [6, 6.07) is 4.49. The van der Waals surface area contributed by atoms with Gasteiger partial charge >= 0.3 is 6.03 Å². The van der Waals surface area contributed by atoms with Crippen molar-refractivity contribution in [1.29, 1.82) is 0 Å². The summed E-state index contributed by atoms with van der Waals surface area (Å²) in [6.45, 7) is 5.89. The van der Waals surface area contributed by atoms with Crippen molar-refractivity contribution < 1.29 is 28.7 Å². The Morgan fingerprint density at radius 1 is 1.17 bits per heavy atom. The van der Waals surface area contributed by atoms with E-state index in [1.54, 1.807) is 18.2 Å². The van der Waals surface area contributed by atoms with E-state index in [1.807, 2.05) is 13.8 Å². The molecule has 3 amide bonds. The number of nitrogens with one attached hydrogen (secondary N) is 3. The molecule has 0 aliphatic carbocycles. The Balaban J connectivity index is 1.48. The fraction of sp³-hybridized carbons (Fsp3) is 0.500. The number of hydrogen-bond acceptors (Lipinski definition) is 5. The summed E-state index contributed by atoms with van der Waals surface area (Å²) in [5.41, 5.74) is 0.533. The average Bonchev–Trinajstić information content (AvgIpc) is 2.93. The Labute approximate surface area is 140 Å². The Kier molecular flexibility index (Phi) is 4.86. The minimum atomic E-state index is -0.562. The zero-order chi connectivity index (χ0) is 17.1. The highest BCUT2D eigenvalue weighted by molar-refractivity contribution is 6.01. The van der Waals surface area contributed by atoms with Crippen LogP contribution in [0.5, 0.6) is 11.5 Å². The van der Waals surface area contributed by atoms with Gasteiger partial charge in [-0.25, -0.2) is 4.79 Å². The topological polar surface area (TPSA) is 90.3 Å². The van der Waals surface area contributed by atoms with Crippen LogP contribution in [0.2, 0.25) is 0 Å². The number of imide groups is 1. The number of quaternary nitrogens is 1. The van der Waals surface area contributed by atoms with Crippen molar-refractivity contribution in [3.63, 3.8) is 0 Å². The summed E-state index contributed by atoms with van der Waals surface area (Å²) in [7, 11) is 0. The number of morpholine rings is 1. The molecule has 1 aromatic rings. The molecule has 1 saturated heterocycles. The zero-order valence-corrected chi connectivity index (χ0v) is 13.8. The number of carbonyl (C=O) groups excluding carboxylic acids is 2. The first-order valence-electron chi connectivity index (χ1n) is 7.99. The van der Waals surface area contributed by atoms with Crippen LogP contribution in [0.15, 0.2) is 18.2 Å². The normalized spacial score (nSPS) is 25.2. The van der Waals surface area contributed by atoms with Crippen LogP contribution in [0.3, 0.4) is 0 Å². The van der Waals surface area contributed by atoms with E-state index < -0.39 is 6.03 Å². The summed E-state index contributed by atoms with van der Waals surface area (Å²) in [4.78, 5) is 25.1. The molecule has 8 nitrogen and oxygen atoms in total. The number of fused-ring (bicyclic) bond motifs is 1. The molecule has 0 spiro atoms. The minimum absolute atomic E-state index is 0.110. The largest absolute Gasteiger partial charge is 0.454 e. The Morgan fingerprint density at radius 3 is 2.62 bits per heavy atom. The highest BCUT2D eigenvalue weighted by Gasteiger charge is 2.27. The van der Waals surface area contributed by atoms with Gasteiger partial charge < -0.3 is 24.4 Å². The van der Waals surface area contributed by atoms with Gasteiger partial charge in [-0.15, -0.1) is 0 Å². The molecule has 8 heteroatoms. The molecule has 0 bridgehead atoms. The second kappa shape index (κ2) is 7.06. The molecule has 24 heavy (non-hydrogen) atoms. The van der Waals surface area contributed by atoms with Gasteiger partial charge in [0, 0.05) is 11.8 Å². The predicted octanol–water partition coefficient (Wildman–Crippen LogP) is -0.244. The van der Waals surface area contributed by atoms with E-state index >= 15 is 0 Å². The van der Waals surface area contributed by atoms with Crippen LogP contribution in [-0.2, 0) is 9.53 Å². The summed E-state index contributed by atoms with van der Waals surface area (Å²) < 4.78 is 16.1. The van der Waals surface area contributed by atoms with E-state index in [4.69, 9.17) is 14.2 Å². The van der Waals surface area contributed by atoms with Crippen molar-refractivity contribution in [2.75, 3.05) is 31.7 Å². The Bertz CT molecular complexity index is 626. The number of rotatable bonds is 3. The number of hydrogen-bond donors (Lipinski definition) is 3. The summed E-state index contributed by atoms with van der Waals surface area (Å²) in [5, 5.41) is 4.97. The maximum absolute atomic E-state index is 12.0. The van der Waals surface area contributed by atoms with Crippen LogP contribution in [0.25, 0.3) is 0 Å². The van der Waals surface area contributed by atoms with Crippen LogP contribution in [0.4, 0.5) is 10.5 Å². The molecule has 2 aliphatic rings. The smallest absolute Gasteiger partial charge is 0.326 e. The molecule has 0 unspecified atom stereocenters. The lowest BCUT2D eigenvalue weighted by Crippen LogP contribution is -3.16. The van der Waals surface area contributed by atoms with Crippen molar-refractivity contribution >= 4 is 17.6 Å². The molecule has 2 heterocycles. The van der Waals surface area contributed by atoms with Gasteiger partial charge in [-0.1, -0.05) is 0 Å². The number of ether oxygens (including phenoxy) is 3. The van der Waals surface area contributed by atoms with E-state index in [0.29, 0.717) is 17.2 Å². The highest BCUT2D eigenvalue weighted by atomic mass is 16.7. The lowest BCUT2D eigenvalue weighted by Gasteiger charge is -2.31.